The molecule has 3 rings (SSSR count). The molecule has 0 saturated heterocycles. The normalized spacial score (nSPS) is 18.2. The Hall–Kier alpha value is -2.04. The van der Waals surface area contributed by atoms with Gasteiger partial charge in [-0.3, -0.25) is 0 Å². The van der Waals surface area contributed by atoms with E-state index in [-0.39, 0.29) is 5.41 Å². The first-order valence-electron chi connectivity index (χ1n) is 7.11. The molecule has 0 atom stereocenters. The van der Waals surface area contributed by atoms with Crippen molar-refractivity contribution in [1.29, 1.82) is 0 Å². The van der Waals surface area contributed by atoms with Gasteiger partial charge in [0.2, 0.25) is 5.89 Å². The van der Waals surface area contributed by atoms with Gasteiger partial charge in [-0.2, -0.15) is 4.98 Å². The lowest BCUT2D eigenvalue weighted by molar-refractivity contribution is 0.355. The summed E-state index contributed by atoms with van der Waals surface area (Å²) in [5.74, 6) is -1.20. The predicted octanol–water partition coefficient (Wildman–Crippen LogP) is 4.26. The number of nitrogens with zero attached hydrogens (tertiary/aromatic N) is 2. The van der Waals surface area contributed by atoms with Crippen LogP contribution in [0.2, 0.25) is 0 Å². The summed E-state index contributed by atoms with van der Waals surface area (Å²) in [5.41, 5.74) is 0.512. The minimum atomic E-state index is -0.814. The van der Waals surface area contributed by atoms with E-state index < -0.39 is 11.6 Å². The maximum absolute atomic E-state index is 13.6. The van der Waals surface area contributed by atoms with Crippen molar-refractivity contribution in [3.05, 3.63) is 53.7 Å². The molecule has 3 nitrogen and oxygen atoms in total. The molecule has 0 radical (unpaired) electrons. The molecular weight excluding hydrogens is 274 g/mol. The average Bonchev–Trinajstić information content (AvgIpc) is 3.02. The van der Waals surface area contributed by atoms with E-state index >= 15 is 0 Å². The zero-order valence-corrected chi connectivity index (χ0v) is 11.6. The third-order valence-corrected chi connectivity index (χ3v) is 4.16. The molecular formula is C16H16F2N2O. The highest BCUT2D eigenvalue weighted by molar-refractivity contribution is 5.45. The van der Waals surface area contributed by atoms with Gasteiger partial charge in [0, 0.05) is 11.5 Å². The lowest BCUT2D eigenvalue weighted by Gasteiger charge is -2.35. The predicted molar refractivity (Wildman–Crippen MR) is 74.5 cm³/mol. The van der Waals surface area contributed by atoms with Crippen LogP contribution in [0.3, 0.4) is 0 Å². The molecule has 1 aliphatic carbocycles. The summed E-state index contributed by atoms with van der Waals surface area (Å²) in [6.45, 7) is 0. The number of benzene rings is 1. The van der Waals surface area contributed by atoms with Gasteiger partial charge < -0.3 is 4.52 Å². The summed E-state index contributed by atoms with van der Waals surface area (Å²) in [4.78, 5) is 3.96. The first-order valence-corrected chi connectivity index (χ1v) is 7.11. The van der Waals surface area contributed by atoms with Crippen LogP contribution in [-0.4, -0.2) is 10.1 Å². The second kappa shape index (κ2) is 5.76. The summed E-state index contributed by atoms with van der Waals surface area (Å²) in [5, 5.41) is 3.56. The standard InChI is InChI=1S/C16H16F2N2O/c17-13-5-4-12(10-14(13)18)16(7-2-1-3-8-16)9-6-15-19-11-20-21-15/h4-6,9-11H,1-3,7-8H2. The third kappa shape index (κ3) is 2.86. The fourth-order valence-electron chi connectivity index (χ4n) is 3.03. The Morgan fingerprint density at radius 2 is 1.90 bits per heavy atom. The van der Waals surface area contributed by atoms with E-state index in [2.05, 4.69) is 10.1 Å². The van der Waals surface area contributed by atoms with Gasteiger partial charge in [-0.05, 0) is 30.5 Å². The zero-order chi connectivity index (χ0) is 14.7. The summed E-state index contributed by atoms with van der Waals surface area (Å²) in [7, 11) is 0. The SMILES string of the molecule is Fc1ccc(C2(C=Cc3ncno3)CCCCC2)cc1F. The van der Waals surface area contributed by atoms with E-state index in [9.17, 15) is 8.78 Å². The van der Waals surface area contributed by atoms with Crippen LogP contribution in [0, 0.1) is 11.6 Å². The number of hydrogen-bond donors (Lipinski definition) is 0. The molecule has 1 fully saturated rings. The van der Waals surface area contributed by atoms with Crippen molar-refractivity contribution >= 4 is 6.08 Å². The molecule has 0 bridgehead atoms. The zero-order valence-electron chi connectivity index (χ0n) is 11.6. The maximum atomic E-state index is 13.6. The molecule has 2 aromatic rings. The van der Waals surface area contributed by atoms with E-state index in [1.165, 1.54) is 24.9 Å². The van der Waals surface area contributed by atoms with Gasteiger partial charge in [0.1, 0.15) is 0 Å². The van der Waals surface area contributed by atoms with Crippen LogP contribution in [0.1, 0.15) is 43.6 Å². The minimum Gasteiger partial charge on any atom is -0.335 e. The molecule has 1 saturated carbocycles. The van der Waals surface area contributed by atoms with Crippen molar-refractivity contribution in [2.24, 2.45) is 0 Å². The van der Waals surface area contributed by atoms with Gasteiger partial charge in [-0.1, -0.05) is 36.6 Å². The molecule has 21 heavy (non-hydrogen) atoms. The summed E-state index contributed by atoms with van der Waals surface area (Å²) >= 11 is 0. The van der Waals surface area contributed by atoms with Gasteiger partial charge in [0.05, 0.1) is 0 Å². The van der Waals surface area contributed by atoms with Gasteiger partial charge in [-0.15, -0.1) is 0 Å². The molecule has 1 aromatic carbocycles. The van der Waals surface area contributed by atoms with Gasteiger partial charge in [0.15, 0.2) is 18.0 Å². The van der Waals surface area contributed by atoms with Crippen molar-refractivity contribution in [2.75, 3.05) is 0 Å². The highest BCUT2D eigenvalue weighted by Gasteiger charge is 2.32. The van der Waals surface area contributed by atoms with Crippen molar-refractivity contribution in [1.82, 2.24) is 10.1 Å². The molecule has 0 amide bonds. The molecule has 110 valence electrons. The van der Waals surface area contributed by atoms with Crippen LogP contribution < -0.4 is 0 Å². The molecule has 0 N–H and O–H groups in total. The second-order valence-electron chi connectivity index (χ2n) is 5.46. The Morgan fingerprint density at radius 3 is 2.57 bits per heavy atom. The van der Waals surface area contributed by atoms with Gasteiger partial charge in [0.25, 0.3) is 0 Å². The van der Waals surface area contributed by atoms with Crippen molar-refractivity contribution in [2.45, 2.75) is 37.5 Å². The smallest absolute Gasteiger partial charge is 0.250 e. The van der Waals surface area contributed by atoms with E-state index in [0.29, 0.717) is 5.89 Å². The second-order valence-corrected chi connectivity index (χ2v) is 5.46. The Bertz CT molecular complexity index is 632. The van der Waals surface area contributed by atoms with Crippen LogP contribution in [0.5, 0.6) is 0 Å². The summed E-state index contributed by atoms with van der Waals surface area (Å²) < 4.78 is 31.7. The Morgan fingerprint density at radius 1 is 1.10 bits per heavy atom. The third-order valence-electron chi connectivity index (χ3n) is 4.16. The van der Waals surface area contributed by atoms with Crippen molar-refractivity contribution in [3.63, 3.8) is 0 Å². The molecule has 0 aliphatic heterocycles. The first kappa shape index (κ1) is 13.9. The lowest BCUT2D eigenvalue weighted by Crippen LogP contribution is -2.26. The number of allylic oxidation sites excluding steroid dienone is 1. The lowest BCUT2D eigenvalue weighted by atomic mass is 9.69. The summed E-state index contributed by atoms with van der Waals surface area (Å²) in [6.07, 6.45) is 10.2. The Balaban J connectivity index is 1.97. The van der Waals surface area contributed by atoms with Crippen LogP contribution >= 0.6 is 0 Å². The Labute approximate surface area is 121 Å². The molecule has 1 heterocycles. The van der Waals surface area contributed by atoms with E-state index in [1.807, 2.05) is 6.08 Å². The number of rotatable bonds is 3. The highest BCUT2D eigenvalue weighted by Crippen LogP contribution is 2.41. The topological polar surface area (TPSA) is 38.9 Å². The summed E-state index contributed by atoms with van der Waals surface area (Å²) in [6, 6.07) is 4.17. The largest absolute Gasteiger partial charge is 0.335 e. The Kier molecular flexibility index (Phi) is 3.82. The first-order chi connectivity index (χ1) is 10.2. The van der Waals surface area contributed by atoms with Crippen LogP contribution in [-0.2, 0) is 5.41 Å². The van der Waals surface area contributed by atoms with E-state index in [1.54, 1.807) is 12.1 Å². The monoisotopic (exact) mass is 290 g/mol. The molecule has 0 spiro atoms. The average molecular weight is 290 g/mol. The quantitative estimate of drug-likeness (QED) is 0.847. The fraction of sp³-hybridized carbons (Fsp3) is 0.375. The minimum absolute atomic E-state index is 0.290. The van der Waals surface area contributed by atoms with E-state index in [4.69, 9.17) is 4.52 Å². The maximum Gasteiger partial charge on any atom is 0.250 e. The highest BCUT2D eigenvalue weighted by atomic mass is 19.2. The molecule has 1 aromatic heterocycles. The van der Waals surface area contributed by atoms with Crippen LogP contribution in [0.25, 0.3) is 6.08 Å². The fourth-order valence-corrected chi connectivity index (χ4v) is 3.03. The van der Waals surface area contributed by atoms with Crippen LogP contribution in [0.4, 0.5) is 8.78 Å². The number of hydrogen-bond acceptors (Lipinski definition) is 3. The van der Waals surface area contributed by atoms with Gasteiger partial charge >= 0.3 is 0 Å². The van der Waals surface area contributed by atoms with Crippen molar-refractivity contribution < 1.29 is 13.3 Å². The van der Waals surface area contributed by atoms with Crippen LogP contribution in [0.15, 0.2) is 35.1 Å². The molecule has 0 unspecified atom stereocenters. The number of aromatic nitrogens is 2. The molecule has 1 aliphatic rings. The van der Waals surface area contributed by atoms with E-state index in [0.717, 1.165) is 31.2 Å². The van der Waals surface area contributed by atoms with Gasteiger partial charge in [-0.25, -0.2) is 8.78 Å². The molecule has 5 heteroatoms. The number of halogens is 2. The van der Waals surface area contributed by atoms with Crippen molar-refractivity contribution in [3.8, 4) is 0 Å².